The summed E-state index contributed by atoms with van der Waals surface area (Å²) in [5.74, 6) is 1.86. The van der Waals surface area contributed by atoms with Crippen LogP contribution in [0.1, 0.15) is 0 Å². The van der Waals surface area contributed by atoms with Crippen LogP contribution in [0.3, 0.4) is 0 Å². The molecule has 0 unspecified atom stereocenters. The average Bonchev–Trinajstić information content (AvgIpc) is 3.01. The minimum atomic E-state index is -0.0584. The molecule has 0 saturated carbocycles. The van der Waals surface area contributed by atoms with Crippen molar-refractivity contribution in [3.8, 4) is 28.5 Å². The molecule has 1 aliphatic heterocycles. The summed E-state index contributed by atoms with van der Waals surface area (Å²) in [6, 6.07) is 5.60. The topological polar surface area (TPSA) is 65.7 Å². The van der Waals surface area contributed by atoms with Gasteiger partial charge in [-0.3, -0.25) is 4.68 Å². The quantitative estimate of drug-likeness (QED) is 0.889. The van der Waals surface area contributed by atoms with E-state index in [2.05, 4.69) is 11.3 Å². The summed E-state index contributed by atoms with van der Waals surface area (Å²) in [6.45, 7) is 0.378. The zero-order chi connectivity index (χ0) is 13.2. The first-order chi connectivity index (χ1) is 9.28. The summed E-state index contributed by atoms with van der Waals surface area (Å²) in [5, 5.41) is 13.0. The third kappa shape index (κ3) is 2.22. The van der Waals surface area contributed by atoms with Crippen molar-refractivity contribution in [2.24, 2.45) is 7.05 Å². The van der Waals surface area contributed by atoms with E-state index in [-0.39, 0.29) is 20.0 Å². The highest BCUT2D eigenvalue weighted by Crippen LogP contribution is 2.37. The van der Waals surface area contributed by atoms with Gasteiger partial charge in [0.2, 0.25) is 12.7 Å². The first-order valence-corrected chi connectivity index (χ1v) is 5.88. The molecule has 0 fully saturated rings. The van der Waals surface area contributed by atoms with Gasteiger partial charge in [0.1, 0.15) is 6.61 Å². The molecule has 0 bridgehead atoms. The molecular weight excluding hydrogens is 248 g/mol. The molecule has 1 aromatic carbocycles. The number of aromatic nitrogens is 2. The van der Waals surface area contributed by atoms with Crippen molar-refractivity contribution in [1.29, 1.82) is 0 Å². The number of hydrogen-bond donors (Lipinski definition) is 1. The van der Waals surface area contributed by atoms with Crippen LogP contribution in [0.25, 0.3) is 11.1 Å². The van der Waals surface area contributed by atoms with Crippen molar-refractivity contribution in [3.63, 3.8) is 0 Å². The van der Waals surface area contributed by atoms with E-state index in [0.29, 0.717) is 11.6 Å². The Morgan fingerprint density at radius 1 is 1.42 bits per heavy atom. The van der Waals surface area contributed by atoms with Crippen LogP contribution in [0, 0.1) is 6.20 Å². The number of aliphatic hydroxyl groups is 1. The third-order valence-corrected chi connectivity index (χ3v) is 2.72. The number of nitrogens with zero attached hydrogens (tertiary/aromatic N) is 2. The fourth-order valence-electron chi connectivity index (χ4n) is 1.90. The van der Waals surface area contributed by atoms with Crippen molar-refractivity contribution in [2.75, 3.05) is 20.0 Å². The van der Waals surface area contributed by atoms with Crippen molar-refractivity contribution >= 4 is 0 Å². The molecule has 99 valence electrons. The number of aliphatic hydroxyl groups excluding tert-OH is 1. The molecule has 0 amide bonds. The Hall–Kier alpha value is -2.21. The summed E-state index contributed by atoms with van der Waals surface area (Å²) in [4.78, 5) is 0. The summed E-state index contributed by atoms with van der Waals surface area (Å²) < 4.78 is 17.6. The molecule has 2 heterocycles. The average molecular weight is 261 g/mol. The lowest BCUT2D eigenvalue weighted by Crippen LogP contribution is -2.03. The standard InChI is InChI=1S/C13H13N2O4/c1-15-7-10(13(14-15)17-5-4-16)9-2-3-11-12(6-9)19-8-18-11/h2-3,6,16H,4-5,8H2,1H3. The summed E-state index contributed by atoms with van der Waals surface area (Å²) in [7, 11) is 1.77. The van der Waals surface area contributed by atoms with Crippen LogP contribution in [-0.2, 0) is 7.05 Å². The third-order valence-electron chi connectivity index (χ3n) is 2.72. The van der Waals surface area contributed by atoms with E-state index in [1.165, 1.54) is 0 Å². The van der Waals surface area contributed by atoms with E-state index in [4.69, 9.17) is 19.3 Å². The van der Waals surface area contributed by atoms with E-state index >= 15 is 0 Å². The monoisotopic (exact) mass is 261 g/mol. The fraction of sp³-hybridized carbons (Fsp3) is 0.308. The Labute approximate surface area is 110 Å². The van der Waals surface area contributed by atoms with Crippen molar-refractivity contribution in [3.05, 3.63) is 24.4 Å². The summed E-state index contributed by atoms with van der Waals surface area (Å²) in [5.41, 5.74) is 1.61. The lowest BCUT2D eigenvalue weighted by molar-refractivity contribution is 0.174. The Balaban J connectivity index is 1.97. The van der Waals surface area contributed by atoms with Crippen LogP contribution < -0.4 is 14.2 Å². The SMILES string of the molecule is Cn1[c]c(-c2ccc3c(c2)OCO3)c(OCCO)n1. The van der Waals surface area contributed by atoms with Gasteiger partial charge in [0.15, 0.2) is 11.5 Å². The van der Waals surface area contributed by atoms with Crippen LogP contribution in [-0.4, -0.2) is 34.9 Å². The van der Waals surface area contributed by atoms with Crippen LogP contribution in [0.5, 0.6) is 17.4 Å². The normalized spacial score (nSPS) is 12.7. The molecule has 6 heteroatoms. The molecule has 0 saturated heterocycles. The highest BCUT2D eigenvalue weighted by atomic mass is 16.7. The number of rotatable bonds is 4. The zero-order valence-electron chi connectivity index (χ0n) is 10.4. The van der Waals surface area contributed by atoms with Gasteiger partial charge in [0.05, 0.1) is 18.4 Å². The van der Waals surface area contributed by atoms with E-state index in [1.54, 1.807) is 11.7 Å². The van der Waals surface area contributed by atoms with Crippen molar-refractivity contribution in [1.82, 2.24) is 9.78 Å². The molecule has 3 rings (SSSR count). The van der Waals surface area contributed by atoms with Gasteiger partial charge in [-0.1, -0.05) is 6.07 Å². The van der Waals surface area contributed by atoms with E-state index < -0.39 is 0 Å². The maximum atomic E-state index is 8.82. The molecule has 1 radical (unpaired) electrons. The smallest absolute Gasteiger partial charge is 0.241 e. The second-order valence-electron chi connectivity index (χ2n) is 4.06. The Bertz CT molecular complexity index is 594. The molecule has 19 heavy (non-hydrogen) atoms. The second kappa shape index (κ2) is 4.81. The first-order valence-electron chi connectivity index (χ1n) is 5.88. The van der Waals surface area contributed by atoms with Gasteiger partial charge in [-0.05, 0) is 17.7 Å². The maximum Gasteiger partial charge on any atom is 0.241 e. The maximum absolute atomic E-state index is 8.82. The lowest BCUT2D eigenvalue weighted by Gasteiger charge is -2.04. The zero-order valence-corrected chi connectivity index (χ0v) is 10.4. The van der Waals surface area contributed by atoms with Crippen molar-refractivity contribution < 1.29 is 19.3 Å². The number of aryl methyl sites for hydroxylation is 1. The molecule has 0 spiro atoms. The number of fused-ring (bicyclic) bond motifs is 1. The predicted octanol–water partition coefficient (Wildman–Crippen LogP) is 0.987. The molecule has 1 aromatic heterocycles. The van der Waals surface area contributed by atoms with Gasteiger partial charge in [0, 0.05) is 7.05 Å². The largest absolute Gasteiger partial charge is 0.474 e. The number of hydrogen-bond acceptors (Lipinski definition) is 5. The molecule has 0 atom stereocenters. The summed E-state index contributed by atoms with van der Waals surface area (Å²) >= 11 is 0. The van der Waals surface area contributed by atoms with E-state index in [0.717, 1.165) is 16.9 Å². The van der Waals surface area contributed by atoms with Crippen molar-refractivity contribution in [2.45, 2.75) is 0 Å². The van der Waals surface area contributed by atoms with Gasteiger partial charge < -0.3 is 19.3 Å². The van der Waals surface area contributed by atoms with Crippen LogP contribution in [0.15, 0.2) is 18.2 Å². The predicted molar refractivity (Wildman–Crippen MR) is 66.2 cm³/mol. The highest BCUT2D eigenvalue weighted by molar-refractivity contribution is 5.70. The highest BCUT2D eigenvalue weighted by Gasteiger charge is 2.17. The van der Waals surface area contributed by atoms with Gasteiger partial charge in [-0.2, -0.15) is 0 Å². The van der Waals surface area contributed by atoms with Gasteiger partial charge >= 0.3 is 0 Å². The second-order valence-corrected chi connectivity index (χ2v) is 4.06. The van der Waals surface area contributed by atoms with Gasteiger partial charge in [0.25, 0.3) is 0 Å². The fourth-order valence-corrected chi connectivity index (χ4v) is 1.90. The van der Waals surface area contributed by atoms with E-state index in [9.17, 15) is 0 Å². The molecule has 1 N–H and O–H groups in total. The molecular formula is C13H13N2O4. The lowest BCUT2D eigenvalue weighted by atomic mass is 10.1. The summed E-state index contributed by atoms with van der Waals surface area (Å²) in [6.07, 6.45) is 3.06. The molecule has 1 aliphatic rings. The minimum Gasteiger partial charge on any atom is -0.474 e. The van der Waals surface area contributed by atoms with Crippen LogP contribution in [0.2, 0.25) is 0 Å². The number of benzene rings is 1. The Morgan fingerprint density at radius 2 is 2.26 bits per heavy atom. The molecule has 6 nitrogen and oxygen atoms in total. The minimum absolute atomic E-state index is 0.0584. The molecule has 0 aliphatic carbocycles. The Morgan fingerprint density at radius 3 is 3.11 bits per heavy atom. The first kappa shape index (κ1) is 11.9. The van der Waals surface area contributed by atoms with Gasteiger partial charge in [-0.15, -0.1) is 5.10 Å². The van der Waals surface area contributed by atoms with Gasteiger partial charge in [-0.25, -0.2) is 0 Å². The Kier molecular flexibility index (Phi) is 3.00. The molecule has 2 aromatic rings. The van der Waals surface area contributed by atoms with Crippen LogP contribution >= 0.6 is 0 Å². The van der Waals surface area contributed by atoms with Crippen LogP contribution in [0.4, 0.5) is 0 Å². The van der Waals surface area contributed by atoms with E-state index in [1.807, 2.05) is 18.2 Å². The number of ether oxygens (including phenoxy) is 3.